The van der Waals surface area contributed by atoms with Gasteiger partial charge in [-0.15, -0.1) is 0 Å². The molecule has 386 valence electrons. The molecule has 0 fully saturated rings. The Morgan fingerprint density at radius 1 is 0.262 bits per heavy atom. The van der Waals surface area contributed by atoms with Crippen molar-refractivity contribution in [2.24, 2.45) is 0 Å². The van der Waals surface area contributed by atoms with E-state index in [0.29, 0.717) is 88.1 Å². The van der Waals surface area contributed by atoms with Gasteiger partial charge in [-0.3, -0.25) is 0 Å². The molecule has 10 aromatic carbocycles. The van der Waals surface area contributed by atoms with Gasteiger partial charge in [0.1, 0.15) is 0 Å². The minimum absolute atomic E-state index is 0.0622. The normalized spacial score (nSPS) is 10.9. The molecule has 0 unspecified atom stereocenters. The summed E-state index contributed by atoms with van der Waals surface area (Å²) < 4.78 is 52.3. The Bertz CT molecular complexity index is 4930. The van der Waals surface area contributed by atoms with Gasteiger partial charge in [-0.1, -0.05) is 36.4 Å². The Labute approximate surface area is 476 Å². The van der Waals surface area contributed by atoms with Crippen LogP contribution in [0.3, 0.4) is 0 Å². The molecule has 0 spiro atoms. The highest BCUT2D eigenvalue weighted by Crippen LogP contribution is 2.47. The monoisotopic (exact) mass is 1080 g/mol. The number of benzene rings is 10. The molecular formula is C70H30F3N11. The van der Waals surface area contributed by atoms with Crippen molar-refractivity contribution in [2.75, 3.05) is 0 Å². The molecule has 12 rings (SSSR count). The Morgan fingerprint density at radius 2 is 0.536 bits per heavy atom. The first-order chi connectivity index (χ1) is 40.8. The van der Waals surface area contributed by atoms with Crippen molar-refractivity contribution in [1.82, 2.24) is 9.13 Å². The summed E-state index contributed by atoms with van der Waals surface area (Å²) in [5.74, 6) is 0. The number of hydrogen-bond donors (Lipinski definition) is 0. The standard InChI is InChI=1S/C70H30F3N11/c71-70(72,73)63-30-69(84-66-10-6-51(56-21-45(36-79)14-46(22-56)37-80)27-61(66)62-28-52(7-11-67(62)84)57-23-47(38-81)15-48(24-57)39-82)68(29-58(63)53-3-1-2-40(16-53)31-74)83-64-8-4-49(54-17-41(32-75)12-42(18-54)33-76)25-59(64)60-26-50(5-9-65(60)83)55-19-43(34-77)13-44(20-55)35-78/h1-30H. The van der Waals surface area contributed by atoms with Crippen LogP contribution < -0.4 is 0 Å². The van der Waals surface area contributed by atoms with Crippen molar-refractivity contribution >= 4 is 43.6 Å². The van der Waals surface area contributed by atoms with E-state index in [1.165, 1.54) is 54.6 Å². The third-order valence-electron chi connectivity index (χ3n) is 14.8. The van der Waals surface area contributed by atoms with E-state index >= 15 is 13.2 Å². The maximum Gasteiger partial charge on any atom is 0.417 e. The van der Waals surface area contributed by atoms with Crippen molar-refractivity contribution in [3.05, 3.63) is 238 Å². The number of alkyl halides is 3. The largest absolute Gasteiger partial charge is 0.417 e. The second-order valence-corrected chi connectivity index (χ2v) is 19.8. The van der Waals surface area contributed by atoms with E-state index in [-0.39, 0.29) is 72.6 Å². The lowest BCUT2D eigenvalue weighted by atomic mass is 9.95. The van der Waals surface area contributed by atoms with Gasteiger partial charge in [-0.2, -0.15) is 60.5 Å². The van der Waals surface area contributed by atoms with Gasteiger partial charge in [0, 0.05) is 21.5 Å². The van der Waals surface area contributed by atoms with Crippen LogP contribution in [0, 0.1) is 102 Å². The molecule has 12 aromatic rings. The first-order valence-corrected chi connectivity index (χ1v) is 25.5. The molecule has 0 aliphatic heterocycles. The summed E-state index contributed by atoms with van der Waals surface area (Å²) in [5, 5.41) is 92.3. The first-order valence-electron chi connectivity index (χ1n) is 25.5. The summed E-state index contributed by atoms with van der Waals surface area (Å²) in [7, 11) is 0. The van der Waals surface area contributed by atoms with E-state index < -0.39 is 11.7 Å². The second kappa shape index (κ2) is 20.3. The zero-order chi connectivity index (χ0) is 58.6. The van der Waals surface area contributed by atoms with Crippen LogP contribution in [0.4, 0.5) is 13.2 Å². The molecule has 0 aliphatic carbocycles. The van der Waals surface area contributed by atoms with Gasteiger partial charge in [0.15, 0.2) is 0 Å². The number of hydrogen-bond acceptors (Lipinski definition) is 9. The van der Waals surface area contributed by atoms with Crippen molar-refractivity contribution in [3.63, 3.8) is 0 Å². The molecule has 0 bridgehead atoms. The molecule has 84 heavy (non-hydrogen) atoms. The van der Waals surface area contributed by atoms with Crippen molar-refractivity contribution in [3.8, 4) is 122 Å². The fourth-order valence-corrected chi connectivity index (χ4v) is 11.1. The molecule has 0 atom stereocenters. The van der Waals surface area contributed by atoms with Crippen LogP contribution in [0.15, 0.2) is 182 Å². The Morgan fingerprint density at radius 3 is 0.810 bits per heavy atom. The lowest BCUT2D eigenvalue weighted by Gasteiger charge is -2.22. The molecule has 0 radical (unpaired) electrons. The smallest absolute Gasteiger partial charge is 0.307 e. The molecule has 0 aliphatic rings. The lowest BCUT2D eigenvalue weighted by molar-refractivity contribution is -0.137. The summed E-state index contributed by atoms with van der Waals surface area (Å²) in [4.78, 5) is 0. The lowest BCUT2D eigenvalue weighted by Crippen LogP contribution is -2.12. The van der Waals surface area contributed by atoms with Crippen LogP contribution in [0.5, 0.6) is 0 Å². The second-order valence-electron chi connectivity index (χ2n) is 19.8. The van der Waals surface area contributed by atoms with E-state index in [2.05, 4.69) is 54.6 Å². The van der Waals surface area contributed by atoms with E-state index in [1.54, 1.807) is 89.5 Å². The van der Waals surface area contributed by atoms with Gasteiger partial charge in [-0.05, 0) is 201 Å². The minimum Gasteiger partial charge on any atom is -0.307 e. The predicted octanol–water partition coefficient (Wildman–Crippen LogP) is 16.1. The van der Waals surface area contributed by atoms with Crippen LogP contribution in [0.2, 0.25) is 0 Å². The van der Waals surface area contributed by atoms with Gasteiger partial charge in [-0.25, -0.2) is 0 Å². The quantitative estimate of drug-likeness (QED) is 0.148. The number of nitriles is 9. The van der Waals surface area contributed by atoms with Crippen molar-refractivity contribution < 1.29 is 13.2 Å². The highest BCUT2D eigenvalue weighted by Gasteiger charge is 2.36. The van der Waals surface area contributed by atoms with Gasteiger partial charge in [0.25, 0.3) is 0 Å². The fourth-order valence-electron chi connectivity index (χ4n) is 11.1. The van der Waals surface area contributed by atoms with Crippen molar-refractivity contribution in [2.45, 2.75) is 6.18 Å². The van der Waals surface area contributed by atoms with Crippen LogP contribution in [-0.4, -0.2) is 9.13 Å². The number of halogens is 3. The molecule has 2 aromatic heterocycles. The van der Waals surface area contributed by atoms with E-state index in [4.69, 9.17) is 0 Å². The third kappa shape index (κ3) is 8.93. The summed E-state index contributed by atoms with van der Waals surface area (Å²) in [6.07, 6.45) is -4.98. The zero-order valence-electron chi connectivity index (χ0n) is 43.4. The van der Waals surface area contributed by atoms with E-state index in [1.807, 2.05) is 41.0 Å². The fraction of sp³-hybridized carbons (Fsp3) is 0.0143. The molecule has 0 saturated heterocycles. The topological polar surface area (TPSA) is 224 Å². The van der Waals surface area contributed by atoms with Crippen LogP contribution in [0.1, 0.15) is 55.6 Å². The predicted molar refractivity (Wildman–Crippen MR) is 310 cm³/mol. The van der Waals surface area contributed by atoms with Crippen LogP contribution >= 0.6 is 0 Å². The average molecular weight is 1080 g/mol. The molecule has 11 nitrogen and oxygen atoms in total. The van der Waals surface area contributed by atoms with Gasteiger partial charge in [0.05, 0.1) is 144 Å². The number of rotatable bonds is 7. The molecule has 14 heteroatoms. The Balaban J connectivity index is 1.24. The molecular weight excluding hydrogens is 1050 g/mol. The van der Waals surface area contributed by atoms with E-state index in [9.17, 15) is 47.4 Å². The summed E-state index contributed by atoms with van der Waals surface area (Å²) in [5.41, 5.74) is 7.72. The molecule has 0 saturated carbocycles. The molecule has 0 amide bonds. The SMILES string of the molecule is N#Cc1cc(C#N)cc(-c2ccc3c(c2)c2cc(-c4cc(C#N)cc(C#N)c4)ccc2n3-c2cc(-c3cccc(C#N)c3)c(C(F)(F)F)cc2-n2c3ccc(-c4cc(C#N)cc(C#N)c4)cc3c3cc(-c4cc(C#N)cc(C#N)c4)ccc32)c1. The molecule has 2 heterocycles. The number of aromatic nitrogens is 2. The van der Waals surface area contributed by atoms with Crippen LogP contribution in [-0.2, 0) is 6.18 Å². The van der Waals surface area contributed by atoms with Gasteiger partial charge >= 0.3 is 6.18 Å². The van der Waals surface area contributed by atoms with E-state index in [0.717, 1.165) is 6.07 Å². The highest BCUT2D eigenvalue weighted by molar-refractivity contribution is 6.14. The van der Waals surface area contributed by atoms with Gasteiger partial charge in [0.2, 0.25) is 0 Å². The maximum absolute atomic E-state index is 16.2. The Hall–Kier alpha value is -13.0. The summed E-state index contributed by atoms with van der Waals surface area (Å²) in [6, 6.07) is 68.3. The first kappa shape index (κ1) is 51.7. The van der Waals surface area contributed by atoms with Crippen LogP contribution in [0.25, 0.3) is 111 Å². The Kier molecular flexibility index (Phi) is 12.5. The third-order valence-corrected chi connectivity index (χ3v) is 14.8. The number of fused-ring (bicyclic) bond motifs is 6. The summed E-state index contributed by atoms with van der Waals surface area (Å²) in [6.45, 7) is 0. The maximum atomic E-state index is 16.2. The zero-order valence-corrected chi connectivity index (χ0v) is 43.4. The average Bonchev–Trinajstić information content (AvgIpc) is 1.73. The minimum atomic E-state index is -4.98. The molecule has 0 N–H and O–H groups in total. The highest BCUT2D eigenvalue weighted by atomic mass is 19.4. The van der Waals surface area contributed by atoms with Gasteiger partial charge < -0.3 is 9.13 Å². The number of nitrogens with zero attached hydrogens (tertiary/aromatic N) is 11. The van der Waals surface area contributed by atoms with Crippen molar-refractivity contribution in [1.29, 1.82) is 47.4 Å². The summed E-state index contributed by atoms with van der Waals surface area (Å²) >= 11 is 0.